The number of nitrogens with two attached hydrogens (primary N) is 1. The van der Waals surface area contributed by atoms with Gasteiger partial charge in [0, 0.05) is 24.1 Å². The predicted octanol–water partition coefficient (Wildman–Crippen LogP) is 1.86. The SMILES string of the molecule is NC(CCC(=O)O)c1c(O)c(O)cc(F)c1Br. The van der Waals surface area contributed by atoms with E-state index in [4.69, 9.17) is 10.8 Å². The Labute approximate surface area is 105 Å². The molecule has 0 aliphatic heterocycles. The second-order valence-electron chi connectivity index (χ2n) is 3.49. The number of halogens is 2. The Kier molecular flexibility index (Phi) is 4.30. The van der Waals surface area contributed by atoms with Gasteiger partial charge in [-0.15, -0.1) is 0 Å². The van der Waals surface area contributed by atoms with Crippen LogP contribution in [0.1, 0.15) is 24.4 Å². The quantitative estimate of drug-likeness (QED) is 0.636. The number of aromatic hydroxyl groups is 2. The van der Waals surface area contributed by atoms with E-state index >= 15 is 0 Å². The summed E-state index contributed by atoms with van der Waals surface area (Å²) in [5.74, 6) is -3.00. The van der Waals surface area contributed by atoms with Crippen molar-refractivity contribution >= 4 is 21.9 Å². The molecule has 0 heterocycles. The fraction of sp³-hybridized carbons (Fsp3) is 0.300. The summed E-state index contributed by atoms with van der Waals surface area (Å²) in [7, 11) is 0. The minimum atomic E-state index is -1.04. The minimum absolute atomic E-state index is 0.0182. The van der Waals surface area contributed by atoms with E-state index in [1.54, 1.807) is 0 Å². The molecule has 1 atom stereocenters. The highest BCUT2D eigenvalue weighted by atomic mass is 79.9. The first-order valence-corrected chi connectivity index (χ1v) is 5.51. The molecule has 0 bridgehead atoms. The summed E-state index contributed by atoms with van der Waals surface area (Å²) in [6.45, 7) is 0. The maximum atomic E-state index is 13.3. The molecule has 0 spiro atoms. The van der Waals surface area contributed by atoms with E-state index < -0.39 is 29.3 Å². The van der Waals surface area contributed by atoms with Crippen molar-refractivity contribution in [2.75, 3.05) is 0 Å². The molecule has 0 aromatic heterocycles. The number of rotatable bonds is 4. The van der Waals surface area contributed by atoms with E-state index in [-0.39, 0.29) is 22.9 Å². The standard InChI is InChI=1S/C10H11BrFNO4/c11-9-4(12)3-6(14)10(17)8(9)5(13)1-2-7(15)16/h3,5,14,17H,1-2,13H2,(H,15,16). The van der Waals surface area contributed by atoms with Gasteiger partial charge in [-0.2, -0.15) is 0 Å². The number of aliphatic carboxylic acids is 1. The van der Waals surface area contributed by atoms with E-state index in [1.807, 2.05) is 0 Å². The molecule has 5 nitrogen and oxygen atoms in total. The maximum Gasteiger partial charge on any atom is 0.303 e. The van der Waals surface area contributed by atoms with Gasteiger partial charge in [-0.3, -0.25) is 4.79 Å². The number of phenolic OH excluding ortho intramolecular Hbond substituents is 2. The molecular formula is C10H11BrFNO4. The fourth-order valence-electron chi connectivity index (χ4n) is 1.38. The second-order valence-corrected chi connectivity index (χ2v) is 4.29. The molecule has 0 radical (unpaired) electrons. The highest BCUT2D eigenvalue weighted by molar-refractivity contribution is 9.10. The van der Waals surface area contributed by atoms with Crippen molar-refractivity contribution in [1.82, 2.24) is 0 Å². The van der Waals surface area contributed by atoms with Gasteiger partial charge in [-0.25, -0.2) is 4.39 Å². The fourth-order valence-corrected chi connectivity index (χ4v) is 1.98. The first-order chi connectivity index (χ1) is 7.84. The molecule has 1 aromatic carbocycles. The van der Waals surface area contributed by atoms with Gasteiger partial charge in [-0.1, -0.05) is 0 Å². The van der Waals surface area contributed by atoms with Gasteiger partial charge in [0.1, 0.15) is 5.82 Å². The van der Waals surface area contributed by atoms with Crippen LogP contribution in [-0.4, -0.2) is 21.3 Å². The van der Waals surface area contributed by atoms with Crippen LogP contribution in [0.4, 0.5) is 4.39 Å². The van der Waals surface area contributed by atoms with Gasteiger partial charge in [0.2, 0.25) is 0 Å². The molecular weight excluding hydrogens is 297 g/mol. The third kappa shape index (κ3) is 3.07. The first-order valence-electron chi connectivity index (χ1n) is 4.71. The highest BCUT2D eigenvalue weighted by Gasteiger charge is 2.21. The third-order valence-corrected chi connectivity index (χ3v) is 3.05. The molecule has 1 rings (SSSR count). The van der Waals surface area contributed by atoms with E-state index in [9.17, 15) is 19.4 Å². The van der Waals surface area contributed by atoms with Gasteiger partial charge in [-0.05, 0) is 22.4 Å². The summed E-state index contributed by atoms with van der Waals surface area (Å²) in [6, 6.07) is -0.144. The zero-order chi connectivity index (χ0) is 13.2. The summed E-state index contributed by atoms with van der Waals surface area (Å²) in [5.41, 5.74) is 5.61. The molecule has 17 heavy (non-hydrogen) atoms. The van der Waals surface area contributed by atoms with Crippen LogP contribution in [0.2, 0.25) is 0 Å². The Bertz CT molecular complexity index is 426. The Morgan fingerprint density at radius 1 is 1.53 bits per heavy atom. The van der Waals surface area contributed by atoms with Crippen molar-refractivity contribution in [2.45, 2.75) is 18.9 Å². The second kappa shape index (κ2) is 5.33. The molecule has 1 aromatic rings. The van der Waals surface area contributed by atoms with Crippen LogP contribution in [0, 0.1) is 5.82 Å². The van der Waals surface area contributed by atoms with Gasteiger partial charge in [0.05, 0.1) is 4.47 Å². The topological polar surface area (TPSA) is 104 Å². The van der Waals surface area contributed by atoms with Crippen molar-refractivity contribution in [2.24, 2.45) is 5.73 Å². The lowest BCUT2D eigenvalue weighted by Gasteiger charge is -2.16. The van der Waals surface area contributed by atoms with E-state index in [2.05, 4.69) is 15.9 Å². The summed E-state index contributed by atoms with van der Waals surface area (Å²) in [5, 5.41) is 27.3. The summed E-state index contributed by atoms with van der Waals surface area (Å²) >= 11 is 2.90. The number of phenols is 2. The Balaban J connectivity index is 3.07. The normalized spacial score (nSPS) is 12.4. The Morgan fingerprint density at radius 2 is 2.12 bits per heavy atom. The number of hydrogen-bond acceptors (Lipinski definition) is 4. The lowest BCUT2D eigenvalue weighted by molar-refractivity contribution is -0.137. The number of carboxylic acids is 1. The first kappa shape index (κ1) is 13.7. The third-order valence-electron chi connectivity index (χ3n) is 2.25. The minimum Gasteiger partial charge on any atom is -0.504 e. The van der Waals surface area contributed by atoms with Crippen LogP contribution in [0.5, 0.6) is 11.5 Å². The van der Waals surface area contributed by atoms with Crippen molar-refractivity contribution < 1.29 is 24.5 Å². The molecule has 5 N–H and O–H groups in total. The molecule has 0 aliphatic carbocycles. The Hall–Kier alpha value is -1.34. The van der Waals surface area contributed by atoms with Crippen molar-refractivity contribution in [3.05, 3.63) is 21.9 Å². The Morgan fingerprint density at radius 3 is 2.65 bits per heavy atom. The smallest absolute Gasteiger partial charge is 0.303 e. The molecule has 94 valence electrons. The average molecular weight is 308 g/mol. The van der Waals surface area contributed by atoms with Crippen molar-refractivity contribution in [3.8, 4) is 11.5 Å². The highest BCUT2D eigenvalue weighted by Crippen LogP contribution is 2.40. The van der Waals surface area contributed by atoms with Gasteiger partial charge in [0.25, 0.3) is 0 Å². The molecule has 0 saturated heterocycles. The summed E-state index contributed by atoms with van der Waals surface area (Å²) < 4.78 is 13.2. The van der Waals surface area contributed by atoms with Crippen molar-refractivity contribution in [3.63, 3.8) is 0 Å². The van der Waals surface area contributed by atoms with E-state index in [0.29, 0.717) is 0 Å². The van der Waals surface area contributed by atoms with Crippen LogP contribution >= 0.6 is 15.9 Å². The van der Waals surface area contributed by atoms with Crippen LogP contribution in [-0.2, 0) is 4.79 Å². The summed E-state index contributed by atoms with van der Waals surface area (Å²) in [6.07, 6.45) is -0.200. The summed E-state index contributed by atoms with van der Waals surface area (Å²) in [4.78, 5) is 10.4. The number of carbonyl (C=O) groups is 1. The monoisotopic (exact) mass is 307 g/mol. The van der Waals surface area contributed by atoms with Crippen LogP contribution < -0.4 is 5.73 Å². The molecule has 0 saturated carbocycles. The molecule has 0 aliphatic rings. The van der Waals surface area contributed by atoms with Crippen LogP contribution in [0.25, 0.3) is 0 Å². The van der Waals surface area contributed by atoms with E-state index in [0.717, 1.165) is 6.07 Å². The predicted molar refractivity (Wildman–Crippen MR) is 61.2 cm³/mol. The molecule has 0 fully saturated rings. The van der Waals surface area contributed by atoms with Crippen molar-refractivity contribution in [1.29, 1.82) is 0 Å². The largest absolute Gasteiger partial charge is 0.504 e. The van der Waals surface area contributed by atoms with Gasteiger partial charge < -0.3 is 21.1 Å². The van der Waals surface area contributed by atoms with Crippen LogP contribution in [0.15, 0.2) is 10.5 Å². The van der Waals surface area contributed by atoms with Gasteiger partial charge in [0.15, 0.2) is 11.5 Å². The zero-order valence-electron chi connectivity index (χ0n) is 8.65. The van der Waals surface area contributed by atoms with Gasteiger partial charge >= 0.3 is 5.97 Å². The van der Waals surface area contributed by atoms with E-state index in [1.165, 1.54) is 0 Å². The molecule has 7 heteroatoms. The average Bonchev–Trinajstić information content (AvgIpc) is 2.24. The van der Waals surface area contributed by atoms with Crippen LogP contribution in [0.3, 0.4) is 0 Å². The zero-order valence-corrected chi connectivity index (χ0v) is 10.2. The maximum absolute atomic E-state index is 13.3. The molecule has 0 amide bonds. The number of hydrogen-bond donors (Lipinski definition) is 4. The number of carboxylic acid groups (broad SMARTS) is 1. The molecule has 1 unspecified atom stereocenters. The lowest BCUT2D eigenvalue weighted by Crippen LogP contribution is -2.13. The lowest BCUT2D eigenvalue weighted by atomic mass is 10.0. The number of benzene rings is 1.